The largest absolute Gasteiger partial charge is 0.389 e. The highest BCUT2D eigenvalue weighted by molar-refractivity contribution is 7.80. The third kappa shape index (κ3) is 3.97. The Labute approximate surface area is 107 Å². The maximum Gasteiger partial charge on any atom is 0.135 e. The number of hydrogen-bond acceptors (Lipinski definition) is 2. The number of thiocarbonyl (C=S) groups is 1. The summed E-state index contributed by atoms with van der Waals surface area (Å²) < 4.78 is 13.6. The molecule has 1 atom stereocenters. The maximum atomic E-state index is 13.6. The number of nitrogens with two attached hydrogens (primary N) is 1. The van der Waals surface area contributed by atoms with E-state index >= 15 is 0 Å². The first-order valence-corrected chi connectivity index (χ1v) is 6.32. The van der Waals surface area contributed by atoms with Gasteiger partial charge in [0.05, 0.1) is 5.56 Å². The van der Waals surface area contributed by atoms with Gasteiger partial charge in [-0.05, 0) is 25.5 Å². The van der Waals surface area contributed by atoms with E-state index in [1.807, 2.05) is 0 Å². The molecule has 17 heavy (non-hydrogen) atoms. The van der Waals surface area contributed by atoms with Gasteiger partial charge in [-0.3, -0.25) is 0 Å². The van der Waals surface area contributed by atoms with Crippen molar-refractivity contribution < 1.29 is 4.39 Å². The summed E-state index contributed by atoms with van der Waals surface area (Å²) in [7, 11) is 0. The van der Waals surface area contributed by atoms with Crippen LogP contribution in [-0.2, 0) is 0 Å². The fourth-order valence-electron chi connectivity index (χ4n) is 1.74. The van der Waals surface area contributed by atoms with E-state index in [2.05, 4.69) is 19.2 Å². The number of hydrogen-bond donors (Lipinski definition) is 2. The number of unbranched alkanes of at least 4 members (excludes halogenated alkanes) is 1. The minimum atomic E-state index is -0.370. The molecule has 0 heterocycles. The highest BCUT2D eigenvalue weighted by Crippen LogP contribution is 2.20. The molecule has 0 fully saturated rings. The van der Waals surface area contributed by atoms with Gasteiger partial charge < -0.3 is 11.1 Å². The van der Waals surface area contributed by atoms with Crippen LogP contribution in [0.4, 0.5) is 10.1 Å². The van der Waals surface area contributed by atoms with Crippen LogP contribution < -0.4 is 11.1 Å². The van der Waals surface area contributed by atoms with Gasteiger partial charge in [0, 0.05) is 11.7 Å². The molecule has 0 saturated carbocycles. The fraction of sp³-hybridized carbons (Fsp3) is 0.462. The van der Waals surface area contributed by atoms with Gasteiger partial charge in [-0.1, -0.05) is 38.0 Å². The number of rotatable bonds is 6. The first kappa shape index (κ1) is 13.9. The molecule has 0 aliphatic rings. The zero-order chi connectivity index (χ0) is 12.8. The molecule has 0 radical (unpaired) electrons. The summed E-state index contributed by atoms with van der Waals surface area (Å²) in [5, 5.41) is 3.26. The van der Waals surface area contributed by atoms with Crippen molar-refractivity contribution in [3.8, 4) is 0 Å². The van der Waals surface area contributed by atoms with Crippen LogP contribution in [0.15, 0.2) is 18.2 Å². The Morgan fingerprint density at radius 2 is 2.24 bits per heavy atom. The molecule has 94 valence electrons. The average Bonchev–Trinajstić information content (AvgIpc) is 2.25. The Balaban J connectivity index is 2.83. The van der Waals surface area contributed by atoms with Crippen molar-refractivity contribution in [1.82, 2.24) is 0 Å². The van der Waals surface area contributed by atoms with E-state index in [1.54, 1.807) is 12.1 Å². The number of benzene rings is 1. The lowest BCUT2D eigenvalue weighted by molar-refractivity contribution is 0.622. The first-order valence-electron chi connectivity index (χ1n) is 5.91. The second-order valence-electron chi connectivity index (χ2n) is 4.21. The molecule has 3 N–H and O–H groups in total. The molecule has 1 aromatic carbocycles. The average molecular weight is 254 g/mol. The lowest BCUT2D eigenvalue weighted by atomic mass is 10.1. The molecule has 0 saturated heterocycles. The summed E-state index contributed by atoms with van der Waals surface area (Å²) in [6.45, 7) is 4.22. The molecule has 0 aromatic heterocycles. The summed E-state index contributed by atoms with van der Waals surface area (Å²) in [5.41, 5.74) is 6.54. The number of halogens is 1. The Bertz CT molecular complexity index is 393. The Kier molecular flexibility index (Phi) is 5.35. The molecule has 0 aliphatic heterocycles. The van der Waals surface area contributed by atoms with E-state index in [4.69, 9.17) is 18.0 Å². The predicted molar refractivity (Wildman–Crippen MR) is 74.9 cm³/mol. The van der Waals surface area contributed by atoms with Gasteiger partial charge in [0.2, 0.25) is 0 Å². The summed E-state index contributed by atoms with van der Waals surface area (Å²) in [6, 6.07) is 5.12. The van der Waals surface area contributed by atoms with E-state index < -0.39 is 0 Å². The predicted octanol–water partition coefficient (Wildman–Crippen LogP) is 3.45. The van der Waals surface area contributed by atoms with Crippen molar-refractivity contribution in [2.24, 2.45) is 5.73 Å². The second-order valence-corrected chi connectivity index (χ2v) is 4.65. The van der Waals surface area contributed by atoms with Gasteiger partial charge in [-0.2, -0.15) is 0 Å². The van der Waals surface area contributed by atoms with Crippen molar-refractivity contribution in [3.05, 3.63) is 29.6 Å². The van der Waals surface area contributed by atoms with Crippen LogP contribution in [0.2, 0.25) is 0 Å². The normalized spacial score (nSPS) is 12.2. The van der Waals surface area contributed by atoms with E-state index in [9.17, 15) is 4.39 Å². The van der Waals surface area contributed by atoms with Crippen molar-refractivity contribution >= 4 is 22.9 Å². The van der Waals surface area contributed by atoms with Crippen LogP contribution in [0, 0.1) is 5.82 Å². The quantitative estimate of drug-likeness (QED) is 0.764. The standard InChI is InChI=1S/C13H19FN2S/c1-3-4-6-9(2)16-11-8-5-7-10(14)12(11)13(15)17/h5,7-9,16H,3-4,6H2,1-2H3,(H2,15,17). The van der Waals surface area contributed by atoms with Crippen molar-refractivity contribution in [1.29, 1.82) is 0 Å². The number of anilines is 1. The monoisotopic (exact) mass is 254 g/mol. The minimum absolute atomic E-state index is 0.0910. The molecule has 0 spiro atoms. The van der Waals surface area contributed by atoms with Gasteiger partial charge in [-0.15, -0.1) is 0 Å². The van der Waals surface area contributed by atoms with E-state index in [0.29, 0.717) is 11.3 Å². The van der Waals surface area contributed by atoms with Gasteiger partial charge in [-0.25, -0.2) is 4.39 Å². The molecule has 1 rings (SSSR count). The van der Waals surface area contributed by atoms with Crippen LogP contribution in [-0.4, -0.2) is 11.0 Å². The van der Waals surface area contributed by atoms with Crippen molar-refractivity contribution in [3.63, 3.8) is 0 Å². The van der Waals surface area contributed by atoms with Crippen LogP contribution >= 0.6 is 12.2 Å². The molecular formula is C13H19FN2S. The molecule has 4 heteroatoms. The lowest BCUT2D eigenvalue weighted by Crippen LogP contribution is -2.20. The zero-order valence-electron chi connectivity index (χ0n) is 10.3. The maximum absolute atomic E-state index is 13.6. The molecule has 0 bridgehead atoms. The second kappa shape index (κ2) is 6.55. The fourth-order valence-corrected chi connectivity index (χ4v) is 1.95. The van der Waals surface area contributed by atoms with Gasteiger partial charge in [0.25, 0.3) is 0 Å². The van der Waals surface area contributed by atoms with E-state index in [-0.39, 0.29) is 16.8 Å². The third-order valence-electron chi connectivity index (χ3n) is 2.65. The first-order chi connectivity index (χ1) is 8.06. The summed E-state index contributed by atoms with van der Waals surface area (Å²) in [6.07, 6.45) is 3.34. The summed E-state index contributed by atoms with van der Waals surface area (Å²) in [5.74, 6) is -0.370. The SMILES string of the molecule is CCCCC(C)Nc1cccc(F)c1C(N)=S. The van der Waals surface area contributed by atoms with Crippen LogP contribution in [0.5, 0.6) is 0 Å². The Morgan fingerprint density at radius 3 is 2.82 bits per heavy atom. The van der Waals surface area contributed by atoms with Crippen LogP contribution in [0.1, 0.15) is 38.7 Å². The third-order valence-corrected chi connectivity index (χ3v) is 2.86. The van der Waals surface area contributed by atoms with Gasteiger partial charge in [0.1, 0.15) is 10.8 Å². The van der Waals surface area contributed by atoms with Crippen molar-refractivity contribution in [2.75, 3.05) is 5.32 Å². The molecule has 1 unspecified atom stereocenters. The van der Waals surface area contributed by atoms with E-state index in [0.717, 1.165) is 19.3 Å². The zero-order valence-corrected chi connectivity index (χ0v) is 11.1. The topological polar surface area (TPSA) is 38.0 Å². The Hall–Kier alpha value is -1.16. The smallest absolute Gasteiger partial charge is 0.135 e. The highest BCUT2D eigenvalue weighted by atomic mass is 32.1. The Morgan fingerprint density at radius 1 is 1.53 bits per heavy atom. The highest BCUT2D eigenvalue weighted by Gasteiger charge is 2.12. The molecular weight excluding hydrogens is 235 g/mol. The minimum Gasteiger partial charge on any atom is -0.389 e. The van der Waals surface area contributed by atoms with Gasteiger partial charge >= 0.3 is 0 Å². The molecule has 0 aliphatic carbocycles. The van der Waals surface area contributed by atoms with Crippen LogP contribution in [0.3, 0.4) is 0 Å². The molecule has 1 aromatic rings. The molecule has 2 nitrogen and oxygen atoms in total. The van der Waals surface area contributed by atoms with Crippen molar-refractivity contribution in [2.45, 2.75) is 39.2 Å². The van der Waals surface area contributed by atoms with Gasteiger partial charge in [0.15, 0.2) is 0 Å². The summed E-state index contributed by atoms with van der Waals surface area (Å²) in [4.78, 5) is 0.0910. The lowest BCUT2D eigenvalue weighted by Gasteiger charge is -2.17. The van der Waals surface area contributed by atoms with Crippen LogP contribution in [0.25, 0.3) is 0 Å². The molecule has 0 amide bonds. The van der Waals surface area contributed by atoms with E-state index in [1.165, 1.54) is 6.07 Å². The number of nitrogens with one attached hydrogen (secondary N) is 1. The summed E-state index contributed by atoms with van der Waals surface area (Å²) >= 11 is 4.88.